The van der Waals surface area contributed by atoms with Crippen LogP contribution in [0.15, 0.2) is 22.8 Å². The molecule has 0 aliphatic carbocycles. The quantitative estimate of drug-likeness (QED) is 0.805. The molecule has 0 aliphatic heterocycles. The van der Waals surface area contributed by atoms with Crippen molar-refractivity contribution >= 4 is 21.7 Å². The van der Waals surface area contributed by atoms with Crippen LogP contribution in [0.5, 0.6) is 0 Å². The summed E-state index contributed by atoms with van der Waals surface area (Å²) in [6.45, 7) is 8.23. The summed E-state index contributed by atoms with van der Waals surface area (Å²) in [5.41, 5.74) is 0. The summed E-state index contributed by atoms with van der Waals surface area (Å²) in [4.78, 5) is 6.64. The van der Waals surface area contributed by atoms with Gasteiger partial charge in [0, 0.05) is 25.8 Å². The molecule has 0 bridgehead atoms. The third-order valence-corrected chi connectivity index (χ3v) is 2.85. The molecule has 1 N–H and O–H groups in total. The molecule has 0 amide bonds. The highest BCUT2D eigenvalue weighted by Crippen LogP contribution is 2.22. The second kappa shape index (κ2) is 6.80. The molecule has 3 nitrogen and oxygen atoms in total. The first kappa shape index (κ1) is 12.5. The van der Waals surface area contributed by atoms with E-state index in [4.69, 9.17) is 0 Å². The summed E-state index contributed by atoms with van der Waals surface area (Å²) in [7, 11) is 0. The number of hydrogen-bond donors (Lipinski definition) is 1. The maximum atomic E-state index is 4.38. The average Bonchev–Trinajstić information content (AvgIpc) is 2.26. The number of rotatable bonds is 6. The smallest absolute Gasteiger partial charge is 0.142 e. The van der Waals surface area contributed by atoms with E-state index in [1.807, 2.05) is 18.3 Å². The van der Waals surface area contributed by atoms with Gasteiger partial charge < -0.3 is 10.2 Å². The highest BCUT2D eigenvalue weighted by Gasteiger charge is 2.07. The number of halogens is 1. The number of nitrogens with one attached hydrogen (secondary N) is 1. The highest BCUT2D eigenvalue weighted by atomic mass is 79.9. The van der Waals surface area contributed by atoms with Crippen LogP contribution in [0.1, 0.15) is 13.8 Å². The van der Waals surface area contributed by atoms with Gasteiger partial charge in [-0.2, -0.15) is 0 Å². The van der Waals surface area contributed by atoms with E-state index in [-0.39, 0.29) is 0 Å². The van der Waals surface area contributed by atoms with Crippen LogP contribution in [0.4, 0.5) is 5.82 Å². The van der Waals surface area contributed by atoms with E-state index in [0.717, 1.165) is 36.5 Å². The van der Waals surface area contributed by atoms with E-state index in [1.54, 1.807) is 0 Å². The zero-order chi connectivity index (χ0) is 11.1. The number of aromatic nitrogens is 1. The number of pyridine rings is 1. The highest BCUT2D eigenvalue weighted by molar-refractivity contribution is 9.10. The van der Waals surface area contributed by atoms with E-state index in [9.17, 15) is 0 Å². The van der Waals surface area contributed by atoms with Crippen LogP contribution in [-0.4, -0.2) is 31.2 Å². The van der Waals surface area contributed by atoms with Gasteiger partial charge in [-0.1, -0.05) is 6.92 Å². The molecule has 15 heavy (non-hydrogen) atoms. The van der Waals surface area contributed by atoms with Gasteiger partial charge in [0.15, 0.2) is 0 Å². The lowest BCUT2D eigenvalue weighted by atomic mass is 10.4. The first-order valence-electron chi connectivity index (χ1n) is 5.35. The van der Waals surface area contributed by atoms with E-state index in [2.05, 4.69) is 45.0 Å². The van der Waals surface area contributed by atoms with Gasteiger partial charge in [-0.25, -0.2) is 4.98 Å². The molecule has 0 saturated heterocycles. The van der Waals surface area contributed by atoms with Crippen molar-refractivity contribution in [3.63, 3.8) is 0 Å². The molecule has 1 aromatic rings. The fourth-order valence-electron chi connectivity index (χ4n) is 1.41. The fraction of sp³-hybridized carbons (Fsp3) is 0.545. The van der Waals surface area contributed by atoms with Crippen LogP contribution in [0.25, 0.3) is 0 Å². The normalized spacial score (nSPS) is 10.3. The molecule has 1 heterocycles. The number of anilines is 1. The van der Waals surface area contributed by atoms with Crippen molar-refractivity contribution < 1.29 is 0 Å². The summed E-state index contributed by atoms with van der Waals surface area (Å²) >= 11 is 3.52. The molecule has 84 valence electrons. The van der Waals surface area contributed by atoms with Gasteiger partial charge in [0.05, 0.1) is 4.47 Å². The van der Waals surface area contributed by atoms with Gasteiger partial charge in [-0.3, -0.25) is 0 Å². The summed E-state index contributed by atoms with van der Waals surface area (Å²) in [5.74, 6) is 1.03. The molecular formula is C11H18BrN3. The summed E-state index contributed by atoms with van der Waals surface area (Å²) < 4.78 is 1.06. The molecule has 1 rings (SSSR count). The molecule has 0 radical (unpaired) electrons. The van der Waals surface area contributed by atoms with Gasteiger partial charge in [0.1, 0.15) is 5.82 Å². The molecular weight excluding hydrogens is 254 g/mol. The SMILES string of the molecule is CCNCCN(CC)c1ncccc1Br. The standard InChI is InChI=1S/C11H18BrN3/c1-3-13-8-9-15(4-2)11-10(12)6-5-7-14-11/h5-7,13H,3-4,8-9H2,1-2H3. The lowest BCUT2D eigenvalue weighted by Gasteiger charge is -2.22. The first-order valence-corrected chi connectivity index (χ1v) is 6.15. The molecule has 0 fully saturated rings. The van der Waals surface area contributed by atoms with E-state index >= 15 is 0 Å². The van der Waals surface area contributed by atoms with Crippen LogP contribution >= 0.6 is 15.9 Å². The Hall–Kier alpha value is -0.610. The molecule has 0 unspecified atom stereocenters. The Morgan fingerprint density at radius 3 is 2.87 bits per heavy atom. The summed E-state index contributed by atoms with van der Waals surface area (Å²) in [5, 5.41) is 3.32. The van der Waals surface area contributed by atoms with Crippen LogP contribution in [0.2, 0.25) is 0 Å². The van der Waals surface area contributed by atoms with Crippen LogP contribution in [-0.2, 0) is 0 Å². The first-order chi connectivity index (χ1) is 7.29. The molecule has 0 aromatic carbocycles. The zero-order valence-corrected chi connectivity index (χ0v) is 10.9. The van der Waals surface area contributed by atoms with Crippen molar-refractivity contribution in [1.82, 2.24) is 10.3 Å². The molecule has 0 spiro atoms. The number of hydrogen-bond acceptors (Lipinski definition) is 3. The van der Waals surface area contributed by atoms with Gasteiger partial charge in [-0.05, 0) is 41.5 Å². The van der Waals surface area contributed by atoms with Crippen molar-refractivity contribution in [2.75, 3.05) is 31.1 Å². The Labute approximate surface area is 100 Å². The molecule has 0 saturated carbocycles. The minimum atomic E-state index is 0.973. The van der Waals surface area contributed by atoms with E-state index < -0.39 is 0 Å². The second-order valence-corrected chi connectivity index (χ2v) is 4.10. The predicted molar refractivity (Wildman–Crippen MR) is 68.4 cm³/mol. The summed E-state index contributed by atoms with van der Waals surface area (Å²) in [6.07, 6.45) is 1.83. The van der Waals surface area contributed by atoms with Gasteiger partial charge >= 0.3 is 0 Å². The Kier molecular flexibility index (Phi) is 5.65. The minimum Gasteiger partial charge on any atom is -0.355 e. The van der Waals surface area contributed by atoms with Crippen LogP contribution < -0.4 is 10.2 Å². The Morgan fingerprint density at radius 2 is 2.27 bits per heavy atom. The fourth-order valence-corrected chi connectivity index (χ4v) is 1.92. The minimum absolute atomic E-state index is 0.973. The Morgan fingerprint density at radius 1 is 1.47 bits per heavy atom. The van der Waals surface area contributed by atoms with E-state index in [1.165, 1.54) is 0 Å². The second-order valence-electron chi connectivity index (χ2n) is 3.24. The molecule has 4 heteroatoms. The van der Waals surface area contributed by atoms with Crippen molar-refractivity contribution in [1.29, 1.82) is 0 Å². The monoisotopic (exact) mass is 271 g/mol. The third-order valence-electron chi connectivity index (χ3n) is 2.23. The maximum Gasteiger partial charge on any atom is 0.142 e. The van der Waals surface area contributed by atoms with Crippen molar-refractivity contribution in [3.05, 3.63) is 22.8 Å². The predicted octanol–water partition coefficient (Wildman–Crippen LogP) is 2.28. The molecule has 1 aromatic heterocycles. The van der Waals surface area contributed by atoms with Crippen molar-refractivity contribution in [2.45, 2.75) is 13.8 Å². The molecule has 0 atom stereocenters. The Bertz CT molecular complexity index is 291. The van der Waals surface area contributed by atoms with Crippen LogP contribution in [0, 0.1) is 0 Å². The number of likely N-dealkylation sites (N-methyl/N-ethyl adjacent to an activating group) is 2. The average molecular weight is 272 g/mol. The van der Waals surface area contributed by atoms with Crippen LogP contribution in [0.3, 0.4) is 0 Å². The maximum absolute atomic E-state index is 4.38. The lowest BCUT2D eigenvalue weighted by molar-refractivity contribution is 0.683. The van der Waals surface area contributed by atoms with E-state index in [0.29, 0.717) is 0 Å². The molecule has 0 aliphatic rings. The largest absolute Gasteiger partial charge is 0.355 e. The van der Waals surface area contributed by atoms with Gasteiger partial charge in [-0.15, -0.1) is 0 Å². The Balaban J connectivity index is 2.61. The zero-order valence-electron chi connectivity index (χ0n) is 9.33. The third kappa shape index (κ3) is 3.80. The van der Waals surface area contributed by atoms with Gasteiger partial charge in [0.2, 0.25) is 0 Å². The summed E-state index contributed by atoms with van der Waals surface area (Å²) in [6, 6.07) is 3.96. The van der Waals surface area contributed by atoms with Crippen molar-refractivity contribution in [3.8, 4) is 0 Å². The van der Waals surface area contributed by atoms with Crippen molar-refractivity contribution in [2.24, 2.45) is 0 Å². The van der Waals surface area contributed by atoms with Gasteiger partial charge in [0.25, 0.3) is 0 Å². The number of nitrogens with zero attached hydrogens (tertiary/aromatic N) is 2. The topological polar surface area (TPSA) is 28.2 Å². The lowest BCUT2D eigenvalue weighted by Crippen LogP contribution is -2.32.